The van der Waals surface area contributed by atoms with Crippen molar-refractivity contribution in [1.29, 1.82) is 0 Å². The summed E-state index contributed by atoms with van der Waals surface area (Å²) in [5, 5.41) is 3.69. The Morgan fingerprint density at radius 1 is 1.35 bits per heavy atom. The summed E-state index contributed by atoms with van der Waals surface area (Å²) in [6.45, 7) is 0.660. The molecule has 3 N–H and O–H groups in total. The molecule has 0 heterocycles. The first kappa shape index (κ1) is 12.7. The molecular formula is C13H18ClFN2. The van der Waals surface area contributed by atoms with Gasteiger partial charge in [-0.3, -0.25) is 0 Å². The van der Waals surface area contributed by atoms with Gasteiger partial charge in [-0.15, -0.1) is 0 Å². The van der Waals surface area contributed by atoms with Crippen LogP contribution in [0.15, 0.2) is 18.2 Å². The van der Waals surface area contributed by atoms with E-state index in [1.165, 1.54) is 18.9 Å². The first-order valence-corrected chi connectivity index (χ1v) is 6.50. The lowest BCUT2D eigenvalue weighted by molar-refractivity contribution is 0.332. The van der Waals surface area contributed by atoms with Crippen LogP contribution in [0.1, 0.15) is 25.7 Å². The molecule has 17 heavy (non-hydrogen) atoms. The Balaban J connectivity index is 2.08. The number of hydrogen-bond donors (Lipinski definition) is 2. The van der Waals surface area contributed by atoms with Crippen LogP contribution < -0.4 is 11.1 Å². The maximum absolute atomic E-state index is 13.7. The SMILES string of the molecule is NCC1CCCCC1Nc1ccc(Cl)cc1F. The van der Waals surface area contributed by atoms with Gasteiger partial charge < -0.3 is 11.1 Å². The molecule has 94 valence electrons. The number of nitrogens with two attached hydrogens (primary N) is 1. The Bertz CT molecular complexity index is 384. The maximum Gasteiger partial charge on any atom is 0.147 e. The van der Waals surface area contributed by atoms with Gasteiger partial charge in [0.2, 0.25) is 0 Å². The molecule has 1 aromatic rings. The normalized spacial score (nSPS) is 24.6. The van der Waals surface area contributed by atoms with Crippen LogP contribution in [0.2, 0.25) is 5.02 Å². The van der Waals surface area contributed by atoms with Crippen molar-refractivity contribution in [1.82, 2.24) is 0 Å². The van der Waals surface area contributed by atoms with Gasteiger partial charge in [0.15, 0.2) is 0 Å². The second kappa shape index (κ2) is 5.69. The molecule has 1 fully saturated rings. The first-order valence-electron chi connectivity index (χ1n) is 6.12. The van der Waals surface area contributed by atoms with Crippen LogP contribution in [-0.2, 0) is 0 Å². The Morgan fingerprint density at radius 3 is 2.82 bits per heavy atom. The van der Waals surface area contributed by atoms with E-state index >= 15 is 0 Å². The van der Waals surface area contributed by atoms with E-state index in [9.17, 15) is 4.39 Å². The molecule has 1 aromatic carbocycles. The molecule has 2 unspecified atom stereocenters. The molecule has 1 aliphatic carbocycles. The van der Waals surface area contributed by atoms with Crippen molar-refractivity contribution >= 4 is 17.3 Å². The molecule has 0 saturated heterocycles. The van der Waals surface area contributed by atoms with E-state index in [4.69, 9.17) is 17.3 Å². The third kappa shape index (κ3) is 3.11. The van der Waals surface area contributed by atoms with Crippen LogP contribution in [0.5, 0.6) is 0 Å². The van der Waals surface area contributed by atoms with Crippen LogP contribution in [0, 0.1) is 11.7 Å². The molecule has 1 saturated carbocycles. The maximum atomic E-state index is 13.7. The molecule has 0 amide bonds. The van der Waals surface area contributed by atoms with E-state index in [0.29, 0.717) is 23.2 Å². The molecule has 4 heteroatoms. The smallest absolute Gasteiger partial charge is 0.147 e. The van der Waals surface area contributed by atoms with Gasteiger partial charge in [-0.2, -0.15) is 0 Å². The van der Waals surface area contributed by atoms with Crippen molar-refractivity contribution in [2.75, 3.05) is 11.9 Å². The fourth-order valence-corrected chi connectivity index (χ4v) is 2.64. The quantitative estimate of drug-likeness (QED) is 0.870. The molecule has 0 spiro atoms. The monoisotopic (exact) mass is 256 g/mol. The Morgan fingerprint density at radius 2 is 2.12 bits per heavy atom. The predicted molar refractivity (Wildman–Crippen MR) is 69.8 cm³/mol. The second-order valence-electron chi connectivity index (χ2n) is 4.66. The van der Waals surface area contributed by atoms with Crippen LogP contribution in [0.25, 0.3) is 0 Å². The zero-order valence-electron chi connectivity index (χ0n) is 9.76. The standard InChI is InChI=1S/C13H18ClFN2/c14-10-5-6-13(11(15)7-10)17-12-4-2-1-3-9(12)8-16/h5-7,9,12,17H,1-4,8,16H2. The summed E-state index contributed by atoms with van der Waals surface area (Å²) in [4.78, 5) is 0. The van der Waals surface area contributed by atoms with Crippen molar-refractivity contribution in [3.8, 4) is 0 Å². The Hall–Kier alpha value is -0.800. The van der Waals surface area contributed by atoms with Crippen molar-refractivity contribution in [2.24, 2.45) is 11.7 Å². The number of anilines is 1. The molecule has 0 bridgehead atoms. The lowest BCUT2D eigenvalue weighted by Gasteiger charge is -2.32. The zero-order chi connectivity index (χ0) is 12.3. The van der Waals surface area contributed by atoms with Crippen LogP contribution >= 0.6 is 11.6 Å². The Labute approximate surface area is 106 Å². The minimum atomic E-state index is -0.293. The third-order valence-electron chi connectivity index (χ3n) is 3.48. The van der Waals surface area contributed by atoms with Gasteiger partial charge in [-0.05, 0) is 43.5 Å². The highest BCUT2D eigenvalue weighted by atomic mass is 35.5. The minimum absolute atomic E-state index is 0.282. The number of hydrogen-bond acceptors (Lipinski definition) is 2. The molecule has 2 rings (SSSR count). The first-order chi connectivity index (χ1) is 8.20. The van der Waals surface area contributed by atoms with Gasteiger partial charge in [-0.1, -0.05) is 24.4 Å². The third-order valence-corrected chi connectivity index (χ3v) is 3.72. The van der Waals surface area contributed by atoms with E-state index in [1.807, 2.05) is 0 Å². The Kier molecular flexibility index (Phi) is 4.24. The lowest BCUT2D eigenvalue weighted by Crippen LogP contribution is -2.36. The summed E-state index contributed by atoms with van der Waals surface area (Å²) in [6.07, 6.45) is 4.60. The summed E-state index contributed by atoms with van der Waals surface area (Å²) in [6, 6.07) is 5.02. The van der Waals surface area contributed by atoms with Gasteiger partial charge in [0.05, 0.1) is 5.69 Å². The van der Waals surface area contributed by atoms with Crippen molar-refractivity contribution in [3.63, 3.8) is 0 Å². The summed E-state index contributed by atoms with van der Waals surface area (Å²) in [5.41, 5.74) is 6.28. The molecule has 1 aliphatic rings. The van der Waals surface area contributed by atoms with Gasteiger partial charge in [0.1, 0.15) is 5.82 Å². The van der Waals surface area contributed by atoms with Gasteiger partial charge in [0.25, 0.3) is 0 Å². The summed E-state index contributed by atoms with van der Waals surface area (Å²) in [5.74, 6) is 0.151. The molecule has 0 aliphatic heterocycles. The molecule has 0 radical (unpaired) electrons. The minimum Gasteiger partial charge on any atom is -0.380 e. The lowest BCUT2D eigenvalue weighted by atomic mass is 9.84. The zero-order valence-corrected chi connectivity index (χ0v) is 10.5. The average molecular weight is 257 g/mol. The number of halogens is 2. The topological polar surface area (TPSA) is 38.0 Å². The highest BCUT2D eigenvalue weighted by molar-refractivity contribution is 6.30. The summed E-state index contributed by atoms with van der Waals surface area (Å²) < 4.78 is 13.7. The van der Waals surface area contributed by atoms with E-state index < -0.39 is 0 Å². The van der Waals surface area contributed by atoms with Crippen molar-refractivity contribution in [3.05, 3.63) is 29.0 Å². The van der Waals surface area contributed by atoms with Gasteiger partial charge >= 0.3 is 0 Å². The fraction of sp³-hybridized carbons (Fsp3) is 0.538. The van der Waals surface area contributed by atoms with Crippen molar-refractivity contribution < 1.29 is 4.39 Å². The number of rotatable bonds is 3. The number of nitrogens with one attached hydrogen (secondary N) is 1. The second-order valence-corrected chi connectivity index (χ2v) is 5.09. The van der Waals surface area contributed by atoms with Crippen LogP contribution in [0.4, 0.5) is 10.1 Å². The van der Waals surface area contributed by atoms with Gasteiger partial charge in [-0.25, -0.2) is 4.39 Å². The predicted octanol–water partition coefficient (Wildman–Crippen LogP) is 3.41. The molecular weight excluding hydrogens is 239 g/mol. The number of benzene rings is 1. The molecule has 0 aromatic heterocycles. The summed E-state index contributed by atoms with van der Waals surface area (Å²) in [7, 11) is 0. The fourth-order valence-electron chi connectivity index (χ4n) is 2.49. The van der Waals surface area contributed by atoms with E-state index in [2.05, 4.69) is 5.32 Å². The van der Waals surface area contributed by atoms with E-state index in [1.54, 1.807) is 12.1 Å². The largest absolute Gasteiger partial charge is 0.380 e. The molecule has 2 atom stereocenters. The van der Waals surface area contributed by atoms with Gasteiger partial charge in [0, 0.05) is 11.1 Å². The average Bonchev–Trinajstić information content (AvgIpc) is 2.33. The summed E-state index contributed by atoms with van der Waals surface area (Å²) >= 11 is 5.73. The highest BCUT2D eigenvalue weighted by Crippen LogP contribution is 2.28. The van der Waals surface area contributed by atoms with Crippen LogP contribution in [0.3, 0.4) is 0 Å². The van der Waals surface area contributed by atoms with E-state index in [-0.39, 0.29) is 11.9 Å². The molecule has 2 nitrogen and oxygen atoms in total. The highest BCUT2D eigenvalue weighted by Gasteiger charge is 2.24. The van der Waals surface area contributed by atoms with E-state index in [0.717, 1.165) is 12.8 Å². The van der Waals surface area contributed by atoms with Crippen molar-refractivity contribution in [2.45, 2.75) is 31.7 Å². The van der Waals surface area contributed by atoms with Crippen LogP contribution in [-0.4, -0.2) is 12.6 Å².